The highest BCUT2D eigenvalue weighted by atomic mass is 19.1. The van der Waals surface area contributed by atoms with Crippen molar-refractivity contribution in [3.8, 4) is 5.69 Å². The van der Waals surface area contributed by atoms with Crippen LogP contribution in [0.25, 0.3) is 17.1 Å². The van der Waals surface area contributed by atoms with Crippen LogP contribution in [-0.4, -0.2) is 28.1 Å². The number of benzene rings is 1. The number of aromatic nitrogens is 2. The molecule has 0 spiro atoms. The van der Waals surface area contributed by atoms with Crippen LogP contribution >= 0.6 is 0 Å². The van der Waals surface area contributed by atoms with Gasteiger partial charge in [0.25, 0.3) is 0 Å². The molecule has 1 aromatic carbocycles. The molecule has 5 heteroatoms. The summed E-state index contributed by atoms with van der Waals surface area (Å²) in [5.74, 6) is 0.261. The highest BCUT2D eigenvalue weighted by Crippen LogP contribution is 2.33. The summed E-state index contributed by atoms with van der Waals surface area (Å²) in [5, 5.41) is 0. The number of hydrogen-bond acceptors (Lipinski definition) is 3. The van der Waals surface area contributed by atoms with Crippen molar-refractivity contribution in [3.05, 3.63) is 60.5 Å². The Morgan fingerprint density at radius 3 is 2.95 bits per heavy atom. The first-order chi connectivity index (χ1) is 10.5. The van der Waals surface area contributed by atoms with Gasteiger partial charge < -0.3 is 9.64 Å². The first-order valence-corrected chi connectivity index (χ1v) is 7.11. The van der Waals surface area contributed by atoms with Crippen molar-refractivity contribution in [2.45, 2.75) is 13.5 Å². The van der Waals surface area contributed by atoms with E-state index in [1.807, 2.05) is 23.4 Å². The molecule has 0 atom stereocenters. The molecule has 0 saturated heterocycles. The Kier molecular flexibility index (Phi) is 3.48. The number of imidazole rings is 1. The van der Waals surface area contributed by atoms with Crippen LogP contribution < -0.4 is 0 Å². The fourth-order valence-corrected chi connectivity index (χ4v) is 2.68. The van der Waals surface area contributed by atoms with Gasteiger partial charge in [-0.1, -0.05) is 13.2 Å². The Hall–Kier alpha value is -2.56. The lowest BCUT2D eigenvalue weighted by atomic mass is 10.1. The second kappa shape index (κ2) is 5.33. The largest absolute Gasteiger partial charge is 0.492 e. The Labute approximate surface area is 129 Å². The highest BCUT2D eigenvalue weighted by Gasteiger charge is 2.24. The van der Waals surface area contributed by atoms with E-state index in [0.29, 0.717) is 18.9 Å². The van der Waals surface area contributed by atoms with Gasteiger partial charge in [-0.05, 0) is 25.1 Å². The summed E-state index contributed by atoms with van der Waals surface area (Å²) < 4.78 is 21.1. The summed E-state index contributed by atoms with van der Waals surface area (Å²) in [6.45, 7) is 11.1. The zero-order valence-corrected chi connectivity index (χ0v) is 12.8. The van der Waals surface area contributed by atoms with Gasteiger partial charge in [-0.2, -0.15) is 0 Å². The predicted octanol–water partition coefficient (Wildman–Crippen LogP) is 3.43. The third kappa shape index (κ3) is 2.19. The van der Waals surface area contributed by atoms with E-state index in [9.17, 15) is 4.39 Å². The fourth-order valence-electron chi connectivity index (χ4n) is 2.68. The molecule has 1 aliphatic rings. The molecule has 4 nitrogen and oxygen atoms in total. The lowest BCUT2D eigenvalue weighted by molar-refractivity contribution is 0.297. The minimum Gasteiger partial charge on any atom is -0.492 e. The average molecular weight is 299 g/mol. The second-order valence-electron chi connectivity index (χ2n) is 5.23. The number of hydrogen-bond donors (Lipinski definition) is 0. The zero-order chi connectivity index (χ0) is 15.9. The number of fused-ring (bicyclic) bond motifs is 3. The standard InChI is InChI=1S/C17H18FN3O/c1-5-22-12(3)17-16-9-20(4)11(2)14-8-13(18)6-7-15(14)21(16)10-19-17/h6-8,10H,2-3,5,9H2,1,4H3. The molecular weight excluding hydrogens is 281 g/mol. The maximum atomic E-state index is 13.6. The SMILES string of the molecule is C=C(OCC)c1ncn2c1CN(C)C(=C)c1cc(F)ccc1-2. The predicted molar refractivity (Wildman–Crippen MR) is 84.7 cm³/mol. The highest BCUT2D eigenvalue weighted by molar-refractivity contribution is 5.72. The summed E-state index contributed by atoms with van der Waals surface area (Å²) in [5.41, 5.74) is 4.05. The van der Waals surface area contributed by atoms with Gasteiger partial charge in [0.2, 0.25) is 0 Å². The summed E-state index contributed by atoms with van der Waals surface area (Å²) in [7, 11) is 1.92. The lowest BCUT2D eigenvalue weighted by Gasteiger charge is -2.19. The molecule has 3 rings (SSSR count). The van der Waals surface area contributed by atoms with Gasteiger partial charge in [0.1, 0.15) is 23.6 Å². The minimum absolute atomic E-state index is 0.282. The monoisotopic (exact) mass is 299 g/mol. The fraction of sp³-hybridized carbons (Fsp3) is 0.235. The summed E-state index contributed by atoms with van der Waals surface area (Å²) in [6, 6.07) is 4.69. The van der Waals surface area contributed by atoms with Gasteiger partial charge >= 0.3 is 0 Å². The third-order valence-electron chi connectivity index (χ3n) is 3.83. The van der Waals surface area contributed by atoms with Crippen LogP contribution in [0.4, 0.5) is 4.39 Å². The summed E-state index contributed by atoms with van der Waals surface area (Å²) >= 11 is 0. The molecule has 0 aliphatic carbocycles. The van der Waals surface area contributed by atoms with Crippen LogP contribution in [0.15, 0.2) is 37.7 Å². The van der Waals surface area contributed by atoms with Crippen LogP contribution in [0.2, 0.25) is 0 Å². The number of halogens is 1. The van der Waals surface area contributed by atoms with E-state index in [1.165, 1.54) is 12.1 Å². The molecule has 0 saturated carbocycles. The molecule has 0 bridgehead atoms. The topological polar surface area (TPSA) is 30.3 Å². The molecule has 114 valence electrons. The van der Waals surface area contributed by atoms with E-state index in [4.69, 9.17) is 4.74 Å². The Bertz CT molecular complexity index is 763. The van der Waals surface area contributed by atoms with Crippen molar-refractivity contribution in [1.82, 2.24) is 14.5 Å². The molecule has 1 aromatic heterocycles. The number of rotatable bonds is 3. The van der Waals surface area contributed by atoms with Gasteiger partial charge in [-0.3, -0.25) is 4.57 Å². The molecule has 0 amide bonds. The Morgan fingerprint density at radius 1 is 1.45 bits per heavy atom. The van der Waals surface area contributed by atoms with Gasteiger partial charge in [0.15, 0.2) is 0 Å². The van der Waals surface area contributed by atoms with Gasteiger partial charge in [0.05, 0.1) is 24.5 Å². The third-order valence-corrected chi connectivity index (χ3v) is 3.83. The Morgan fingerprint density at radius 2 is 2.23 bits per heavy atom. The van der Waals surface area contributed by atoms with Crippen molar-refractivity contribution < 1.29 is 9.13 Å². The molecule has 22 heavy (non-hydrogen) atoms. The van der Waals surface area contributed by atoms with Crippen molar-refractivity contribution in [2.24, 2.45) is 0 Å². The van der Waals surface area contributed by atoms with E-state index in [1.54, 1.807) is 12.4 Å². The van der Waals surface area contributed by atoms with Crippen molar-refractivity contribution in [2.75, 3.05) is 13.7 Å². The normalized spacial score (nSPS) is 13.4. The molecule has 0 radical (unpaired) electrons. The molecule has 2 aromatic rings. The molecule has 2 heterocycles. The number of nitrogens with zero attached hydrogens (tertiary/aromatic N) is 3. The molecule has 1 aliphatic heterocycles. The molecular formula is C17H18FN3O. The van der Waals surface area contributed by atoms with Crippen molar-refractivity contribution in [3.63, 3.8) is 0 Å². The van der Waals surface area contributed by atoms with Crippen LogP contribution in [0.3, 0.4) is 0 Å². The molecule has 0 unspecified atom stereocenters. The average Bonchev–Trinajstić information content (AvgIpc) is 2.86. The zero-order valence-electron chi connectivity index (χ0n) is 12.8. The summed E-state index contributed by atoms with van der Waals surface area (Å²) in [4.78, 5) is 6.40. The minimum atomic E-state index is -0.282. The van der Waals surface area contributed by atoms with E-state index in [0.717, 1.165) is 28.3 Å². The number of ether oxygens (including phenoxy) is 1. The molecule has 0 fully saturated rings. The smallest absolute Gasteiger partial charge is 0.139 e. The lowest BCUT2D eigenvalue weighted by Crippen LogP contribution is -2.15. The maximum Gasteiger partial charge on any atom is 0.139 e. The van der Waals surface area contributed by atoms with Crippen LogP contribution in [-0.2, 0) is 11.3 Å². The first-order valence-electron chi connectivity index (χ1n) is 7.11. The molecule has 0 N–H and O–H groups in total. The van der Waals surface area contributed by atoms with Crippen LogP contribution in [0, 0.1) is 5.82 Å². The first kappa shape index (κ1) is 14.4. The summed E-state index contributed by atoms with van der Waals surface area (Å²) in [6.07, 6.45) is 1.72. The van der Waals surface area contributed by atoms with Gasteiger partial charge in [-0.25, -0.2) is 9.37 Å². The maximum absolute atomic E-state index is 13.6. The van der Waals surface area contributed by atoms with E-state index >= 15 is 0 Å². The quantitative estimate of drug-likeness (QED) is 0.813. The van der Waals surface area contributed by atoms with Crippen LogP contribution in [0.5, 0.6) is 0 Å². The second-order valence-corrected chi connectivity index (χ2v) is 5.23. The van der Waals surface area contributed by atoms with Crippen molar-refractivity contribution in [1.29, 1.82) is 0 Å². The van der Waals surface area contributed by atoms with E-state index < -0.39 is 0 Å². The van der Waals surface area contributed by atoms with Gasteiger partial charge in [0, 0.05) is 18.3 Å². The van der Waals surface area contributed by atoms with Crippen LogP contribution in [0.1, 0.15) is 23.9 Å². The van der Waals surface area contributed by atoms with E-state index in [2.05, 4.69) is 18.1 Å². The van der Waals surface area contributed by atoms with Gasteiger partial charge in [-0.15, -0.1) is 0 Å². The Balaban J connectivity index is 2.20. The van der Waals surface area contributed by atoms with E-state index in [-0.39, 0.29) is 5.82 Å². The van der Waals surface area contributed by atoms with Crippen molar-refractivity contribution >= 4 is 11.5 Å².